The second kappa shape index (κ2) is 5.28. The lowest BCUT2D eigenvalue weighted by atomic mass is 10.0. The quantitative estimate of drug-likeness (QED) is 0.363. The highest BCUT2D eigenvalue weighted by Gasteiger charge is 2.25. The third-order valence-corrected chi connectivity index (χ3v) is 4.51. The lowest BCUT2D eigenvalue weighted by molar-refractivity contribution is 0.0717. The Morgan fingerprint density at radius 3 is 2.48 bits per heavy atom. The molecule has 3 nitrogen and oxygen atoms in total. The summed E-state index contributed by atoms with van der Waals surface area (Å²) in [6.07, 6.45) is 1.82. The largest absolute Gasteiger partial charge is 0.422 e. The first kappa shape index (κ1) is 13.9. The third kappa shape index (κ3) is 2.21. The molecular weight excluding hydrogens is 310 g/mol. The summed E-state index contributed by atoms with van der Waals surface area (Å²) in [4.78, 5) is 16.7. The number of pyridine rings is 1. The first-order chi connectivity index (χ1) is 12.3. The predicted molar refractivity (Wildman–Crippen MR) is 99.0 cm³/mol. The number of carbonyl (C=O) groups is 1. The molecule has 0 saturated heterocycles. The van der Waals surface area contributed by atoms with Crippen LogP contribution in [0.3, 0.4) is 0 Å². The molecule has 4 aromatic rings. The number of ether oxygens (including phenoxy) is 1. The fourth-order valence-corrected chi connectivity index (χ4v) is 3.31. The molecule has 0 bridgehead atoms. The Kier molecular flexibility index (Phi) is 2.94. The number of benzene rings is 3. The van der Waals surface area contributed by atoms with Gasteiger partial charge in [0.1, 0.15) is 5.76 Å². The molecule has 1 aliphatic rings. The summed E-state index contributed by atoms with van der Waals surface area (Å²) in [5.41, 5.74) is 3.10. The topological polar surface area (TPSA) is 39.2 Å². The van der Waals surface area contributed by atoms with Crippen LogP contribution in [0.4, 0.5) is 0 Å². The van der Waals surface area contributed by atoms with Crippen LogP contribution >= 0.6 is 0 Å². The highest BCUT2D eigenvalue weighted by molar-refractivity contribution is 6.07. The van der Waals surface area contributed by atoms with Crippen molar-refractivity contribution in [1.82, 2.24) is 4.98 Å². The number of esters is 1. The van der Waals surface area contributed by atoms with Gasteiger partial charge < -0.3 is 4.74 Å². The zero-order chi connectivity index (χ0) is 16.8. The number of cyclic esters (lactones) is 1. The lowest BCUT2D eigenvalue weighted by Crippen LogP contribution is -1.92. The van der Waals surface area contributed by atoms with Crippen molar-refractivity contribution in [3.8, 4) is 0 Å². The van der Waals surface area contributed by atoms with Crippen molar-refractivity contribution in [1.29, 1.82) is 0 Å². The molecule has 1 aliphatic heterocycles. The molecule has 0 unspecified atom stereocenters. The van der Waals surface area contributed by atoms with Gasteiger partial charge in [-0.05, 0) is 29.0 Å². The number of rotatable bonds is 1. The number of hydrogen-bond acceptors (Lipinski definition) is 3. The molecule has 25 heavy (non-hydrogen) atoms. The molecule has 0 amide bonds. The van der Waals surface area contributed by atoms with E-state index < -0.39 is 0 Å². The molecule has 0 fully saturated rings. The van der Waals surface area contributed by atoms with E-state index in [1.165, 1.54) is 10.8 Å². The third-order valence-electron chi connectivity index (χ3n) is 4.51. The van der Waals surface area contributed by atoms with E-state index in [0.29, 0.717) is 11.3 Å². The summed E-state index contributed by atoms with van der Waals surface area (Å²) >= 11 is 0. The highest BCUT2D eigenvalue weighted by Crippen LogP contribution is 2.31. The summed E-state index contributed by atoms with van der Waals surface area (Å²) < 4.78 is 5.40. The maximum Gasteiger partial charge on any atom is 0.344 e. The van der Waals surface area contributed by atoms with Crippen molar-refractivity contribution in [3.05, 3.63) is 89.6 Å². The second-order valence-electron chi connectivity index (χ2n) is 6.03. The van der Waals surface area contributed by atoms with Crippen LogP contribution in [0.1, 0.15) is 21.6 Å². The van der Waals surface area contributed by atoms with Crippen molar-refractivity contribution in [3.63, 3.8) is 0 Å². The van der Waals surface area contributed by atoms with Crippen molar-refractivity contribution in [2.24, 2.45) is 0 Å². The van der Waals surface area contributed by atoms with Crippen LogP contribution in [0.2, 0.25) is 0 Å². The molecule has 3 heteroatoms. The van der Waals surface area contributed by atoms with Crippen LogP contribution < -0.4 is 0 Å². The molecule has 0 aliphatic carbocycles. The molecule has 118 valence electrons. The van der Waals surface area contributed by atoms with Crippen LogP contribution in [-0.2, 0) is 4.74 Å². The monoisotopic (exact) mass is 323 g/mol. The molecule has 3 aromatic carbocycles. The summed E-state index contributed by atoms with van der Waals surface area (Å²) in [6, 6.07) is 23.8. The van der Waals surface area contributed by atoms with E-state index in [-0.39, 0.29) is 5.97 Å². The first-order valence-corrected chi connectivity index (χ1v) is 8.11. The average molecular weight is 323 g/mol. The van der Waals surface area contributed by atoms with Gasteiger partial charge in [-0.1, -0.05) is 54.6 Å². The van der Waals surface area contributed by atoms with E-state index in [1.807, 2.05) is 48.5 Å². The van der Waals surface area contributed by atoms with Gasteiger partial charge in [0.05, 0.1) is 16.8 Å². The second-order valence-corrected chi connectivity index (χ2v) is 6.03. The van der Waals surface area contributed by atoms with E-state index >= 15 is 0 Å². The van der Waals surface area contributed by atoms with Gasteiger partial charge in [-0.15, -0.1) is 0 Å². The number of nitrogens with zero attached hydrogens (tertiary/aromatic N) is 1. The molecular formula is C22H13NO2. The zero-order valence-corrected chi connectivity index (χ0v) is 13.3. The Hall–Kier alpha value is -3.46. The van der Waals surface area contributed by atoms with Gasteiger partial charge in [0.2, 0.25) is 0 Å². The van der Waals surface area contributed by atoms with Gasteiger partial charge >= 0.3 is 5.97 Å². The molecule has 0 saturated carbocycles. The van der Waals surface area contributed by atoms with Gasteiger partial charge in [-0.3, -0.25) is 0 Å². The summed E-state index contributed by atoms with van der Waals surface area (Å²) in [6.45, 7) is 0. The minimum absolute atomic E-state index is 0.311. The Morgan fingerprint density at radius 1 is 0.760 bits per heavy atom. The predicted octanol–water partition coefficient (Wildman–Crippen LogP) is 5.06. The molecule has 0 radical (unpaired) electrons. The minimum Gasteiger partial charge on any atom is -0.422 e. The lowest BCUT2D eigenvalue weighted by Gasteiger charge is -2.05. The number of hydrogen-bond donors (Lipinski definition) is 0. The zero-order valence-electron chi connectivity index (χ0n) is 13.3. The molecule has 2 heterocycles. The van der Waals surface area contributed by atoms with Gasteiger partial charge in [-0.25, -0.2) is 9.78 Å². The fourth-order valence-electron chi connectivity index (χ4n) is 3.31. The Balaban J connectivity index is 1.65. The Labute approximate surface area is 144 Å². The van der Waals surface area contributed by atoms with Crippen molar-refractivity contribution < 1.29 is 9.53 Å². The maximum atomic E-state index is 11.9. The molecule has 0 N–H and O–H groups in total. The minimum atomic E-state index is -0.311. The van der Waals surface area contributed by atoms with Crippen LogP contribution in [0.25, 0.3) is 33.5 Å². The Morgan fingerprint density at radius 2 is 1.56 bits per heavy atom. The summed E-state index contributed by atoms with van der Waals surface area (Å²) in [7, 11) is 0. The van der Waals surface area contributed by atoms with E-state index in [4.69, 9.17) is 9.72 Å². The van der Waals surface area contributed by atoms with Crippen LogP contribution in [0.15, 0.2) is 72.8 Å². The van der Waals surface area contributed by atoms with Gasteiger partial charge in [0, 0.05) is 17.0 Å². The van der Waals surface area contributed by atoms with Crippen molar-refractivity contribution in [2.45, 2.75) is 0 Å². The van der Waals surface area contributed by atoms with Crippen molar-refractivity contribution in [2.75, 3.05) is 0 Å². The van der Waals surface area contributed by atoms with Crippen LogP contribution in [-0.4, -0.2) is 11.0 Å². The van der Waals surface area contributed by atoms with Crippen molar-refractivity contribution >= 4 is 39.5 Å². The fraction of sp³-hybridized carbons (Fsp3) is 0. The van der Waals surface area contributed by atoms with E-state index in [9.17, 15) is 4.79 Å². The molecule has 1 aromatic heterocycles. The number of carbonyl (C=O) groups excluding carboxylic acids is 1. The average Bonchev–Trinajstić information content (AvgIpc) is 2.97. The standard InChI is InChI=1S/C22H13NO2/c24-22-19-8-4-3-7-18(19)21(25-22)13-15-10-11-17-16-6-2-1-5-14(16)9-12-20(17)23-15/h1-13H. The van der Waals surface area contributed by atoms with Crippen LogP contribution in [0, 0.1) is 0 Å². The Bertz CT molecular complexity index is 1190. The highest BCUT2D eigenvalue weighted by atomic mass is 16.5. The maximum absolute atomic E-state index is 11.9. The van der Waals surface area contributed by atoms with E-state index in [1.54, 1.807) is 6.07 Å². The smallest absolute Gasteiger partial charge is 0.344 e. The van der Waals surface area contributed by atoms with Crippen LogP contribution in [0.5, 0.6) is 0 Å². The summed E-state index contributed by atoms with van der Waals surface area (Å²) in [5.74, 6) is 0.238. The number of aromatic nitrogens is 1. The molecule has 5 rings (SSSR count). The van der Waals surface area contributed by atoms with Gasteiger partial charge in [0.15, 0.2) is 0 Å². The SMILES string of the molecule is O=C1OC(=Cc2ccc3c(ccc4ccccc43)n2)c2ccccc21. The number of fused-ring (bicyclic) bond motifs is 4. The van der Waals surface area contributed by atoms with Gasteiger partial charge in [0.25, 0.3) is 0 Å². The normalized spacial score (nSPS) is 14.9. The molecule has 0 atom stereocenters. The van der Waals surface area contributed by atoms with E-state index in [2.05, 4.69) is 24.3 Å². The molecule has 0 spiro atoms. The first-order valence-electron chi connectivity index (χ1n) is 8.11. The summed E-state index contributed by atoms with van der Waals surface area (Å²) in [5, 5.41) is 3.50. The van der Waals surface area contributed by atoms with E-state index in [0.717, 1.165) is 22.2 Å². The van der Waals surface area contributed by atoms with Gasteiger partial charge in [-0.2, -0.15) is 0 Å².